The van der Waals surface area contributed by atoms with Crippen LogP contribution in [0, 0.1) is 0 Å². The van der Waals surface area contributed by atoms with E-state index in [1.807, 2.05) is 50.3 Å². The fourth-order valence-electron chi connectivity index (χ4n) is 1.58. The van der Waals surface area contributed by atoms with Gasteiger partial charge in [0.1, 0.15) is 5.66 Å². The number of hydrogen-bond donors (Lipinski definition) is 0. The van der Waals surface area contributed by atoms with E-state index in [2.05, 4.69) is 4.74 Å². The lowest BCUT2D eigenvalue weighted by Crippen LogP contribution is -2.11. The molecule has 0 radical (unpaired) electrons. The second-order valence-corrected chi connectivity index (χ2v) is 9.35. The molecule has 0 aliphatic heterocycles. The molecule has 1 aromatic carbocycles. The zero-order valence-electron chi connectivity index (χ0n) is 13.8. The summed E-state index contributed by atoms with van der Waals surface area (Å²) in [7, 11) is -4.39. The van der Waals surface area contributed by atoms with Gasteiger partial charge >= 0.3 is 5.97 Å². The van der Waals surface area contributed by atoms with E-state index in [4.69, 9.17) is 5.48 Å². The van der Waals surface area contributed by atoms with Gasteiger partial charge in [-0.15, -0.1) is 0 Å². The molecule has 0 amide bonds. The average molecular weight is 243 g/mol. The van der Waals surface area contributed by atoms with Crippen molar-refractivity contribution in [3.05, 3.63) is 35.9 Å². The Morgan fingerprint density at radius 1 is 1.44 bits per heavy atom. The maximum absolute atomic E-state index is 11.9. The van der Waals surface area contributed by atoms with E-state index in [-0.39, 0.29) is 5.66 Å². The van der Waals surface area contributed by atoms with Crippen LogP contribution in [0.25, 0.3) is 0 Å². The third kappa shape index (κ3) is 3.61. The standard InChI is InChI=1S/C13H20O2P/c1-15-13(14)10-12(16(2,3)4)11-8-6-5-7-9-11/h5-9,12H,10H2,1-4H3/q+1/i1D3,10D. The van der Waals surface area contributed by atoms with Gasteiger partial charge in [0, 0.05) is 28.6 Å². The summed E-state index contributed by atoms with van der Waals surface area (Å²) in [6.07, 6.45) is -1.23. The van der Waals surface area contributed by atoms with Gasteiger partial charge < -0.3 is 4.74 Å². The molecule has 2 unspecified atom stereocenters. The highest BCUT2D eigenvalue weighted by Gasteiger charge is 2.34. The van der Waals surface area contributed by atoms with Crippen LogP contribution in [0.2, 0.25) is 0 Å². The number of methoxy groups -OCH3 is 1. The van der Waals surface area contributed by atoms with Crippen LogP contribution in [0.15, 0.2) is 30.3 Å². The summed E-state index contributed by atoms with van der Waals surface area (Å²) in [5.41, 5.74) is 0.536. The van der Waals surface area contributed by atoms with Crippen molar-refractivity contribution in [3.8, 4) is 0 Å². The Morgan fingerprint density at radius 2 is 2.06 bits per heavy atom. The van der Waals surface area contributed by atoms with Crippen LogP contribution in [0.4, 0.5) is 0 Å². The van der Waals surface area contributed by atoms with Crippen LogP contribution in [0.5, 0.6) is 0 Å². The van der Waals surface area contributed by atoms with Crippen molar-refractivity contribution < 1.29 is 15.0 Å². The number of carbonyl (C=O) groups is 1. The molecule has 0 aliphatic rings. The fourth-order valence-corrected chi connectivity index (χ4v) is 3.22. The van der Waals surface area contributed by atoms with Gasteiger partial charge in [-0.2, -0.15) is 0 Å². The zero-order chi connectivity index (χ0) is 15.6. The lowest BCUT2D eigenvalue weighted by molar-refractivity contribution is -0.140. The van der Waals surface area contributed by atoms with E-state index in [1.54, 1.807) is 0 Å². The van der Waals surface area contributed by atoms with Crippen molar-refractivity contribution in [2.45, 2.75) is 12.1 Å². The summed E-state index contributed by atoms with van der Waals surface area (Å²) in [6.45, 7) is 6.07. The average Bonchev–Trinajstić information content (AvgIpc) is 2.26. The Hall–Kier alpha value is -0.880. The number of benzene rings is 1. The van der Waals surface area contributed by atoms with Crippen molar-refractivity contribution in [2.24, 2.45) is 0 Å². The van der Waals surface area contributed by atoms with Crippen LogP contribution in [-0.2, 0) is 9.53 Å². The second kappa shape index (κ2) is 5.45. The molecule has 1 aromatic rings. The third-order valence-electron chi connectivity index (χ3n) is 2.37. The molecular weight excluding hydrogens is 219 g/mol. The van der Waals surface area contributed by atoms with Crippen LogP contribution in [-0.4, -0.2) is 33.0 Å². The molecule has 2 nitrogen and oxygen atoms in total. The van der Waals surface area contributed by atoms with Gasteiger partial charge in [0.25, 0.3) is 0 Å². The van der Waals surface area contributed by atoms with Crippen LogP contribution in [0.3, 0.4) is 0 Å². The SMILES string of the molecule is [2H]C(C(=O)OC([2H])([2H])[2H])C(c1ccccc1)[P+](C)(C)C. The highest BCUT2D eigenvalue weighted by Crippen LogP contribution is 2.62. The Kier molecular flexibility index (Phi) is 2.81. The first-order chi connectivity index (χ1) is 9.02. The summed E-state index contributed by atoms with van der Waals surface area (Å²) in [5.74, 6) is -0.992. The molecule has 0 saturated heterocycles. The van der Waals surface area contributed by atoms with Gasteiger partial charge in [0.15, 0.2) is 0 Å². The Morgan fingerprint density at radius 3 is 2.56 bits per heavy atom. The predicted molar refractivity (Wildman–Crippen MR) is 70.5 cm³/mol. The van der Waals surface area contributed by atoms with Crippen molar-refractivity contribution in [2.75, 3.05) is 27.0 Å². The Balaban J connectivity index is 3.04. The number of carbonyl (C=O) groups excluding carboxylic acids is 1. The molecule has 16 heavy (non-hydrogen) atoms. The number of rotatable bonds is 4. The van der Waals surface area contributed by atoms with Gasteiger partial charge in [-0.05, 0) is 5.56 Å². The fraction of sp³-hybridized carbons (Fsp3) is 0.462. The summed E-state index contributed by atoms with van der Waals surface area (Å²) >= 11 is 0. The minimum atomic E-state index is -2.80. The van der Waals surface area contributed by atoms with Gasteiger partial charge in [0.2, 0.25) is 0 Å². The van der Waals surface area contributed by atoms with Crippen molar-refractivity contribution in [1.82, 2.24) is 0 Å². The zero-order valence-corrected chi connectivity index (χ0v) is 10.7. The molecule has 0 heterocycles. The third-order valence-corrected chi connectivity index (χ3v) is 4.49. The summed E-state index contributed by atoms with van der Waals surface area (Å²) < 4.78 is 33.4. The van der Waals surface area contributed by atoms with E-state index in [0.29, 0.717) is 0 Å². The summed E-state index contributed by atoms with van der Waals surface area (Å²) in [5, 5.41) is 0. The van der Waals surface area contributed by atoms with Crippen LogP contribution < -0.4 is 0 Å². The normalized spacial score (nSPS) is 19.7. The van der Waals surface area contributed by atoms with Gasteiger partial charge in [-0.25, -0.2) is 0 Å². The van der Waals surface area contributed by atoms with Crippen LogP contribution in [0.1, 0.15) is 23.1 Å². The molecule has 0 spiro atoms. The minimum Gasteiger partial charge on any atom is -0.469 e. The largest absolute Gasteiger partial charge is 0.469 e. The van der Waals surface area contributed by atoms with Crippen molar-refractivity contribution >= 4 is 13.2 Å². The Bertz CT molecular complexity index is 454. The molecule has 3 heteroatoms. The van der Waals surface area contributed by atoms with Gasteiger partial charge in [-0.3, -0.25) is 4.79 Å². The molecule has 0 N–H and O–H groups in total. The van der Waals surface area contributed by atoms with E-state index < -0.39 is 26.7 Å². The number of ether oxygens (including phenoxy) is 1. The smallest absolute Gasteiger partial charge is 0.309 e. The second-order valence-electron chi connectivity index (χ2n) is 4.56. The maximum Gasteiger partial charge on any atom is 0.309 e. The predicted octanol–water partition coefficient (Wildman–Crippen LogP) is 3.20. The first-order valence-corrected chi connectivity index (χ1v) is 8.23. The molecule has 0 aromatic heterocycles. The minimum absolute atomic E-state index is 0.335. The molecule has 0 bridgehead atoms. The topological polar surface area (TPSA) is 26.3 Å². The van der Waals surface area contributed by atoms with E-state index >= 15 is 0 Å². The highest BCUT2D eigenvalue weighted by molar-refractivity contribution is 7.74. The van der Waals surface area contributed by atoms with Gasteiger partial charge in [0.05, 0.1) is 17.5 Å². The monoisotopic (exact) mass is 243 g/mol. The summed E-state index contributed by atoms with van der Waals surface area (Å²) in [6, 6.07) is 9.28. The van der Waals surface area contributed by atoms with Crippen molar-refractivity contribution in [1.29, 1.82) is 0 Å². The first kappa shape index (κ1) is 8.25. The van der Waals surface area contributed by atoms with E-state index in [0.717, 1.165) is 5.56 Å². The van der Waals surface area contributed by atoms with Crippen molar-refractivity contribution in [3.63, 3.8) is 0 Å². The van der Waals surface area contributed by atoms with E-state index in [9.17, 15) is 4.79 Å². The molecular formula is C13H20O2P+. The molecule has 88 valence electrons. The molecule has 1 rings (SSSR count). The summed E-state index contributed by atoms with van der Waals surface area (Å²) in [4.78, 5) is 11.9. The quantitative estimate of drug-likeness (QED) is 0.599. The maximum atomic E-state index is 11.9. The molecule has 2 atom stereocenters. The lowest BCUT2D eigenvalue weighted by Gasteiger charge is -2.24. The van der Waals surface area contributed by atoms with E-state index in [1.165, 1.54) is 0 Å². The van der Waals surface area contributed by atoms with Crippen LogP contribution >= 0.6 is 7.26 Å². The number of esters is 1. The highest BCUT2D eigenvalue weighted by atomic mass is 31.2. The molecule has 0 saturated carbocycles. The molecule has 0 fully saturated rings. The Labute approximate surface area is 104 Å². The van der Waals surface area contributed by atoms with Gasteiger partial charge in [-0.1, -0.05) is 30.3 Å². The number of hydrogen-bond acceptors (Lipinski definition) is 2. The molecule has 0 aliphatic carbocycles. The first-order valence-electron chi connectivity index (χ1n) is 7.11. The lowest BCUT2D eigenvalue weighted by atomic mass is 10.1.